The minimum Gasteiger partial charge on any atom is -0.443 e. The Hall–Kier alpha value is -2.46. The van der Waals surface area contributed by atoms with Gasteiger partial charge in [-0.3, -0.25) is 9.78 Å². The first-order valence-electron chi connectivity index (χ1n) is 9.87. The number of furan rings is 1. The van der Waals surface area contributed by atoms with Gasteiger partial charge in [0.1, 0.15) is 5.76 Å². The lowest BCUT2D eigenvalue weighted by Crippen LogP contribution is -2.48. The topological polar surface area (TPSA) is 108 Å². The van der Waals surface area contributed by atoms with E-state index in [-0.39, 0.29) is 29.1 Å². The Morgan fingerprint density at radius 2 is 1.97 bits per heavy atom. The molecule has 3 aromatic rings. The van der Waals surface area contributed by atoms with Gasteiger partial charge in [-0.1, -0.05) is 6.92 Å². The van der Waals surface area contributed by atoms with Crippen molar-refractivity contribution in [2.75, 3.05) is 19.6 Å². The summed E-state index contributed by atoms with van der Waals surface area (Å²) in [6.07, 6.45) is 3.89. The lowest BCUT2D eigenvalue weighted by atomic mass is 10.1. The Kier molecular flexibility index (Phi) is 7.00. The van der Waals surface area contributed by atoms with Crippen molar-refractivity contribution in [2.24, 2.45) is 0 Å². The summed E-state index contributed by atoms with van der Waals surface area (Å²) in [6, 6.07) is 8.17. The molecule has 1 aliphatic heterocycles. The zero-order valence-electron chi connectivity index (χ0n) is 17.3. The van der Waals surface area contributed by atoms with Crippen molar-refractivity contribution in [3.63, 3.8) is 0 Å². The number of H-pyrrole nitrogens is 1. The fourth-order valence-electron chi connectivity index (χ4n) is 3.75. The van der Waals surface area contributed by atoms with Gasteiger partial charge in [-0.25, -0.2) is 8.42 Å². The fraction of sp³-hybridized carbons (Fsp3) is 0.333. The van der Waals surface area contributed by atoms with E-state index in [4.69, 9.17) is 4.42 Å². The molecule has 3 aromatic heterocycles. The van der Waals surface area contributed by atoms with Gasteiger partial charge in [0.25, 0.3) is 15.6 Å². The predicted octanol–water partition coefficient (Wildman–Crippen LogP) is 2.66. The third-order valence-electron chi connectivity index (χ3n) is 5.39. The lowest BCUT2D eigenvalue weighted by Gasteiger charge is -2.34. The monoisotopic (exact) mass is 464 g/mol. The van der Waals surface area contributed by atoms with Crippen LogP contribution in [0.2, 0.25) is 0 Å². The first kappa shape index (κ1) is 23.2. The molecule has 8 nitrogen and oxygen atoms in total. The normalized spacial score (nSPS) is 17.3. The summed E-state index contributed by atoms with van der Waals surface area (Å²) in [7, 11) is -3.85. The quantitative estimate of drug-likeness (QED) is 0.601. The lowest BCUT2D eigenvalue weighted by molar-refractivity contribution is 0.264. The summed E-state index contributed by atoms with van der Waals surface area (Å²) >= 11 is 0. The molecule has 1 fully saturated rings. The number of nitrogens with zero attached hydrogens (tertiary/aromatic N) is 2. The molecule has 0 saturated carbocycles. The minimum atomic E-state index is -3.85. The standard InChI is InChI=1S/C21H24N4O4S.ClH/c1-3-15-12-17(14(2)24-21(15)26)19-4-5-20(29-19)30(27,28)25-11-10-23-13-18(25)16-6-8-22-9-7-16;/h4-9,12,18,23H,3,10-11,13H2,1-2H3,(H,24,26);1H. The maximum absolute atomic E-state index is 13.4. The van der Waals surface area contributed by atoms with E-state index < -0.39 is 10.0 Å². The van der Waals surface area contributed by atoms with E-state index in [0.29, 0.717) is 48.6 Å². The average molecular weight is 465 g/mol. The van der Waals surface area contributed by atoms with Crippen LogP contribution >= 0.6 is 12.4 Å². The number of aryl methyl sites for hydroxylation is 2. The molecule has 0 spiro atoms. The van der Waals surface area contributed by atoms with Crippen LogP contribution in [0.1, 0.15) is 29.8 Å². The van der Waals surface area contributed by atoms with Crippen LogP contribution in [-0.4, -0.2) is 42.3 Å². The minimum absolute atomic E-state index is 0. The van der Waals surface area contributed by atoms with Crippen LogP contribution in [0.5, 0.6) is 0 Å². The van der Waals surface area contributed by atoms with Crippen molar-refractivity contribution in [1.29, 1.82) is 0 Å². The Morgan fingerprint density at radius 1 is 1.23 bits per heavy atom. The average Bonchev–Trinajstić information content (AvgIpc) is 3.25. The molecule has 10 heteroatoms. The SMILES string of the molecule is CCc1cc(-c2ccc(S(=O)(=O)N3CCNCC3c3ccncc3)o2)c(C)[nH]c1=O.Cl. The molecule has 0 radical (unpaired) electrons. The highest BCUT2D eigenvalue weighted by atomic mass is 35.5. The van der Waals surface area contributed by atoms with E-state index in [9.17, 15) is 13.2 Å². The van der Waals surface area contributed by atoms with Gasteiger partial charge in [0.2, 0.25) is 5.09 Å². The molecule has 0 amide bonds. The van der Waals surface area contributed by atoms with Gasteiger partial charge >= 0.3 is 0 Å². The van der Waals surface area contributed by atoms with Gasteiger partial charge in [0.05, 0.1) is 6.04 Å². The highest BCUT2D eigenvalue weighted by Crippen LogP contribution is 2.32. The molecule has 1 saturated heterocycles. The second kappa shape index (κ2) is 9.35. The summed E-state index contributed by atoms with van der Waals surface area (Å²) in [5.74, 6) is 0.410. The van der Waals surface area contributed by atoms with Crippen LogP contribution in [0, 0.1) is 6.92 Å². The van der Waals surface area contributed by atoms with E-state index >= 15 is 0 Å². The number of halogens is 1. The number of pyridine rings is 2. The number of hydrogen-bond donors (Lipinski definition) is 2. The van der Waals surface area contributed by atoms with Gasteiger partial charge in [-0.2, -0.15) is 4.31 Å². The maximum Gasteiger partial charge on any atom is 0.277 e. The third-order valence-corrected chi connectivity index (χ3v) is 7.17. The Bertz CT molecular complexity index is 1210. The molecule has 4 heterocycles. The van der Waals surface area contributed by atoms with Crippen molar-refractivity contribution in [2.45, 2.75) is 31.4 Å². The summed E-state index contributed by atoms with van der Waals surface area (Å²) in [4.78, 5) is 18.8. The van der Waals surface area contributed by atoms with Crippen molar-refractivity contribution < 1.29 is 12.8 Å². The number of sulfonamides is 1. The highest BCUT2D eigenvalue weighted by molar-refractivity contribution is 7.89. The van der Waals surface area contributed by atoms with Gasteiger partial charge in [0, 0.05) is 48.8 Å². The van der Waals surface area contributed by atoms with E-state index in [1.54, 1.807) is 31.5 Å². The second-order valence-corrected chi connectivity index (χ2v) is 9.07. The zero-order valence-corrected chi connectivity index (χ0v) is 18.9. The van der Waals surface area contributed by atoms with Crippen LogP contribution < -0.4 is 10.9 Å². The van der Waals surface area contributed by atoms with Crippen LogP contribution in [0.15, 0.2) is 57.0 Å². The van der Waals surface area contributed by atoms with Crippen LogP contribution in [-0.2, 0) is 16.4 Å². The smallest absolute Gasteiger partial charge is 0.277 e. The molecule has 1 aliphatic rings. The molecule has 31 heavy (non-hydrogen) atoms. The number of hydrogen-bond acceptors (Lipinski definition) is 6. The molecule has 0 aromatic carbocycles. The third kappa shape index (κ3) is 4.45. The van der Waals surface area contributed by atoms with Crippen molar-refractivity contribution in [3.8, 4) is 11.3 Å². The molecule has 2 N–H and O–H groups in total. The summed E-state index contributed by atoms with van der Waals surface area (Å²) < 4.78 is 34.1. The fourth-order valence-corrected chi connectivity index (χ4v) is 5.28. The molecule has 4 rings (SSSR count). The van der Waals surface area contributed by atoms with E-state index in [1.165, 1.54) is 10.4 Å². The molecular weight excluding hydrogens is 440 g/mol. The van der Waals surface area contributed by atoms with Gasteiger partial charge in [0.15, 0.2) is 0 Å². The van der Waals surface area contributed by atoms with Gasteiger partial charge < -0.3 is 14.7 Å². The Balaban J connectivity index is 0.00000272. The molecular formula is C21H25ClN4O4S. The number of aromatic nitrogens is 2. The first-order valence-corrected chi connectivity index (χ1v) is 11.3. The van der Waals surface area contributed by atoms with Crippen molar-refractivity contribution in [1.82, 2.24) is 19.6 Å². The van der Waals surface area contributed by atoms with Crippen LogP contribution in [0.4, 0.5) is 0 Å². The largest absolute Gasteiger partial charge is 0.443 e. The van der Waals surface area contributed by atoms with Gasteiger partial charge in [-0.05, 0) is 49.2 Å². The second-order valence-electron chi connectivity index (χ2n) is 7.25. The number of nitrogens with one attached hydrogen (secondary N) is 2. The predicted molar refractivity (Wildman–Crippen MR) is 120 cm³/mol. The zero-order chi connectivity index (χ0) is 21.3. The number of rotatable bonds is 5. The van der Waals surface area contributed by atoms with Crippen LogP contribution in [0.3, 0.4) is 0 Å². The summed E-state index contributed by atoms with van der Waals surface area (Å²) in [5.41, 5.74) is 2.67. The molecule has 166 valence electrons. The molecule has 1 unspecified atom stereocenters. The number of aromatic amines is 1. The van der Waals surface area contributed by atoms with E-state index in [1.807, 2.05) is 19.1 Å². The van der Waals surface area contributed by atoms with E-state index in [0.717, 1.165) is 5.56 Å². The molecule has 0 bridgehead atoms. The van der Waals surface area contributed by atoms with Crippen molar-refractivity contribution >= 4 is 22.4 Å². The number of piperazine rings is 1. The first-order chi connectivity index (χ1) is 14.4. The summed E-state index contributed by atoms with van der Waals surface area (Å²) in [5, 5.41) is 3.14. The van der Waals surface area contributed by atoms with Crippen molar-refractivity contribution in [3.05, 3.63) is 69.9 Å². The summed E-state index contributed by atoms with van der Waals surface area (Å²) in [6.45, 7) is 5.07. The Morgan fingerprint density at radius 3 is 2.68 bits per heavy atom. The highest BCUT2D eigenvalue weighted by Gasteiger charge is 2.36. The van der Waals surface area contributed by atoms with Gasteiger partial charge in [-0.15, -0.1) is 12.4 Å². The molecule has 0 aliphatic carbocycles. The Labute approximate surface area is 187 Å². The molecule has 1 atom stereocenters. The maximum atomic E-state index is 13.4. The van der Waals surface area contributed by atoms with E-state index in [2.05, 4.69) is 15.3 Å². The van der Waals surface area contributed by atoms with Crippen LogP contribution in [0.25, 0.3) is 11.3 Å².